The predicted octanol–water partition coefficient (Wildman–Crippen LogP) is 1.89. The average Bonchev–Trinajstić information content (AvgIpc) is 2.29. The number of hydrogen-bond donors (Lipinski definition) is 1. The van der Waals surface area contributed by atoms with Crippen molar-refractivity contribution < 1.29 is 4.74 Å². The fourth-order valence-corrected chi connectivity index (χ4v) is 1.79. The molecule has 2 rings (SSSR count). The van der Waals surface area contributed by atoms with Crippen LogP contribution in [0.3, 0.4) is 0 Å². The van der Waals surface area contributed by atoms with Gasteiger partial charge in [-0.2, -0.15) is 4.98 Å². The monoisotopic (exact) mass is 280 g/mol. The van der Waals surface area contributed by atoms with Crippen LogP contribution < -0.4 is 10.5 Å². The third-order valence-corrected chi connectivity index (χ3v) is 2.62. The highest BCUT2D eigenvalue weighted by Crippen LogP contribution is 2.28. The Morgan fingerprint density at radius 3 is 2.75 bits per heavy atom. The molecule has 0 atom stereocenters. The van der Waals surface area contributed by atoms with Crippen LogP contribution in [-0.4, -0.2) is 22.1 Å². The highest BCUT2D eigenvalue weighted by Gasteiger charge is 2.06. The molecule has 0 radical (unpaired) electrons. The molecule has 0 unspecified atom stereocenters. The van der Waals surface area contributed by atoms with Crippen LogP contribution in [0.25, 0.3) is 11.4 Å². The number of nitrogens with two attached hydrogens (primary N) is 1. The Hall–Kier alpha value is -1.69. The quantitative estimate of drug-likeness (QED) is 0.909. The van der Waals surface area contributed by atoms with E-state index in [-0.39, 0.29) is 5.95 Å². The summed E-state index contributed by atoms with van der Waals surface area (Å²) in [6.45, 7) is 0. The lowest BCUT2D eigenvalue weighted by molar-refractivity contribution is 0.412. The number of halogens is 1. The third-order valence-electron chi connectivity index (χ3n) is 2.00. The zero-order valence-corrected chi connectivity index (χ0v) is 10.1. The van der Waals surface area contributed by atoms with Crippen LogP contribution >= 0.6 is 15.9 Å². The van der Waals surface area contributed by atoms with Crippen molar-refractivity contribution in [1.29, 1.82) is 0 Å². The zero-order valence-electron chi connectivity index (χ0n) is 8.51. The molecule has 0 saturated carbocycles. The van der Waals surface area contributed by atoms with Gasteiger partial charge in [0.2, 0.25) is 5.95 Å². The standard InChI is InChI=1S/C10H9BrN4O/c1-16-8-3-2-6(4-7(8)11)9-13-5-14-10(12)15-9/h2-5H,1H3,(H2,12,13,14,15). The number of nitrogen functional groups attached to an aromatic ring is 1. The Balaban J connectivity index is 2.45. The first-order valence-electron chi connectivity index (χ1n) is 4.49. The molecule has 0 fully saturated rings. The van der Waals surface area contributed by atoms with Crippen molar-refractivity contribution >= 4 is 21.9 Å². The molecule has 5 nitrogen and oxygen atoms in total. The third kappa shape index (κ3) is 2.11. The first-order chi connectivity index (χ1) is 7.70. The summed E-state index contributed by atoms with van der Waals surface area (Å²) in [4.78, 5) is 11.8. The molecule has 2 N–H and O–H groups in total. The maximum absolute atomic E-state index is 5.49. The fourth-order valence-electron chi connectivity index (χ4n) is 1.25. The first-order valence-corrected chi connectivity index (χ1v) is 5.28. The summed E-state index contributed by atoms with van der Waals surface area (Å²) >= 11 is 3.40. The highest BCUT2D eigenvalue weighted by atomic mass is 79.9. The van der Waals surface area contributed by atoms with Gasteiger partial charge in [-0.1, -0.05) is 0 Å². The van der Waals surface area contributed by atoms with Gasteiger partial charge in [-0.25, -0.2) is 9.97 Å². The van der Waals surface area contributed by atoms with Gasteiger partial charge in [-0.3, -0.25) is 0 Å². The van der Waals surface area contributed by atoms with Crippen molar-refractivity contribution in [1.82, 2.24) is 15.0 Å². The lowest BCUT2D eigenvalue weighted by Gasteiger charge is -2.05. The van der Waals surface area contributed by atoms with Gasteiger partial charge < -0.3 is 10.5 Å². The molecule has 6 heteroatoms. The maximum Gasteiger partial charge on any atom is 0.223 e. The summed E-state index contributed by atoms with van der Waals surface area (Å²) in [6, 6.07) is 5.56. The van der Waals surface area contributed by atoms with E-state index in [9.17, 15) is 0 Å². The summed E-state index contributed by atoms with van der Waals surface area (Å²) in [5.41, 5.74) is 6.34. The molecule has 0 amide bonds. The number of ether oxygens (including phenoxy) is 1. The summed E-state index contributed by atoms with van der Waals surface area (Å²) in [5, 5.41) is 0. The van der Waals surface area contributed by atoms with Gasteiger partial charge in [0.15, 0.2) is 5.82 Å². The summed E-state index contributed by atoms with van der Waals surface area (Å²) in [5.74, 6) is 1.50. The molecule has 0 aliphatic heterocycles. The molecule has 82 valence electrons. The van der Waals surface area contributed by atoms with Crippen LogP contribution in [-0.2, 0) is 0 Å². The van der Waals surface area contributed by atoms with Crippen molar-refractivity contribution in [2.45, 2.75) is 0 Å². The topological polar surface area (TPSA) is 73.9 Å². The molecule has 1 aromatic carbocycles. The minimum Gasteiger partial charge on any atom is -0.496 e. The van der Waals surface area contributed by atoms with E-state index in [1.807, 2.05) is 18.2 Å². The first kappa shape index (κ1) is 10.8. The van der Waals surface area contributed by atoms with Gasteiger partial charge in [0.25, 0.3) is 0 Å². The van der Waals surface area contributed by atoms with Crippen LogP contribution in [0.2, 0.25) is 0 Å². The van der Waals surface area contributed by atoms with Crippen LogP contribution in [0.15, 0.2) is 29.0 Å². The van der Waals surface area contributed by atoms with Crippen molar-refractivity contribution in [3.05, 3.63) is 29.0 Å². The lowest BCUT2D eigenvalue weighted by Crippen LogP contribution is -1.98. The molecular formula is C10H9BrN4O. The van der Waals surface area contributed by atoms with Crippen molar-refractivity contribution in [3.8, 4) is 17.1 Å². The average molecular weight is 281 g/mol. The summed E-state index contributed by atoms with van der Waals surface area (Å²) < 4.78 is 5.97. The van der Waals surface area contributed by atoms with Gasteiger partial charge >= 0.3 is 0 Å². The highest BCUT2D eigenvalue weighted by molar-refractivity contribution is 9.10. The van der Waals surface area contributed by atoms with E-state index >= 15 is 0 Å². The van der Waals surface area contributed by atoms with Gasteiger partial charge in [0.1, 0.15) is 12.1 Å². The SMILES string of the molecule is COc1ccc(-c2ncnc(N)n2)cc1Br. The fraction of sp³-hybridized carbons (Fsp3) is 0.100. The lowest BCUT2D eigenvalue weighted by atomic mass is 10.2. The molecule has 2 aromatic rings. The van der Waals surface area contributed by atoms with E-state index in [1.54, 1.807) is 7.11 Å². The normalized spacial score (nSPS) is 10.1. The molecule has 0 bridgehead atoms. The largest absolute Gasteiger partial charge is 0.496 e. The van der Waals surface area contributed by atoms with Crippen LogP contribution in [0, 0.1) is 0 Å². The van der Waals surface area contributed by atoms with Gasteiger partial charge in [-0.15, -0.1) is 0 Å². The minimum atomic E-state index is 0.206. The Labute approximate surface area is 101 Å². The molecule has 1 aromatic heterocycles. The number of aromatic nitrogens is 3. The number of methoxy groups -OCH3 is 1. The van der Waals surface area contributed by atoms with E-state index < -0.39 is 0 Å². The van der Waals surface area contributed by atoms with E-state index in [4.69, 9.17) is 10.5 Å². The van der Waals surface area contributed by atoms with E-state index in [1.165, 1.54) is 6.33 Å². The van der Waals surface area contributed by atoms with Crippen LogP contribution in [0.4, 0.5) is 5.95 Å². The Bertz CT molecular complexity index is 518. The molecule has 0 aliphatic carbocycles. The number of hydrogen-bond acceptors (Lipinski definition) is 5. The van der Waals surface area contributed by atoms with E-state index in [0.717, 1.165) is 15.8 Å². The van der Waals surface area contributed by atoms with Crippen molar-refractivity contribution in [2.75, 3.05) is 12.8 Å². The molecule has 0 saturated heterocycles. The summed E-state index contributed by atoms with van der Waals surface area (Å²) in [7, 11) is 1.61. The maximum atomic E-state index is 5.49. The number of benzene rings is 1. The molecule has 0 aliphatic rings. The van der Waals surface area contributed by atoms with Gasteiger partial charge in [0.05, 0.1) is 11.6 Å². The second kappa shape index (κ2) is 4.44. The molecule has 16 heavy (non-hydrogen) atoms. The molecular weight excluding hydrogens is 272 g/mol. The van der Waals surface area contributed by atoms with Crippen LogP contribution in [0.1, 0.15) is 0 Å². The summed E-state index contributed by atoms with van der Waals surface area (Å²) in [6.07, 6.45) is 1.38. The van der Waals surface area contributed by atoms with Crippen molar-refractivity contribution in [2.24, 2.45) is 0 Å². The second-order valence-corrected chi connectivity index (χ2v) is 3.87. The zero-order chi connectivity index (χ0) is 11.5. The van der Waals surface area contributed by atoms with E-state index in [2.05, 4.69) is 30.9 Å². The molecule has 1 heterocycles. The van der Waals surface area contributed by atoms with Gasteiger partial charge in [-0.05, 0) is 34.1 Å². The minimum absolute atomic E-state index is 0.206. The number of anilines is 1. The van der Waals surface area contributed by atoms with E-state index in [0.29, 0.717) is 5.82 Å². The predicted molar refractivity (Wildman–Crippen MR) is 63.9 cm³/mol. The number of nitrogens with zero attached hydrogens (tertiary/aromatic N) is 3. The Morgan fingerprint density at radius 1 is 1.31 bits per heavy atom. The molecule has 0 spiro atoms. The smallest absolute Gasteiger partial charge is 0.223 e. The van der Waals surface area contributed by atoms with Crippen LogP contribution in [0.5, 0.6) is 5.75 Å². The van der Waals surface area contributed by atoms with Crippen molar-refractivity contribution in [3.63, 3.8) is 0 Å². The Morgan fingerprint density at radius 2 is 2.12 bits per heavy atom. The Kier molecular flexibility index (Phi) is 3.00. The second-order valence-electron chi connectivity index (χ2n) is 3.02. The van der Waals surface area contributed by atoms with Gasteiger partial charge in [0, 0.05) is 5.56 Å². The number of rotatable bonds is 2.